The zero-order valence-electron chi connectivity index (χ0n) is 16.4. The Kier molecular flexibility index (Phi) is 5.57. The predicted octanol–water partition coefficient (Wildman–Crippen LogP) is 2.12. The first-order valence-corrected chi connectivity index (χ1v) is 9.76. The van der Waals surface area contributed by atoms with E-state index in [2.05, 4.69) is 18.8 Å². The van der Waals surface area contributed by atoms with Gasteiger partial charge in [0.25, 0.3) is 11.8 Å². The van der Waals surface area contributed by atoms with Crippen molar-refractivity contribution < 1.29 is 19.4 Å². The number of halogens is 1. The normalized spacial score (nSPS) is 25.4. The van der Waals surface area contributed by atoms with Crippen LogP contribution in [0.5, 0.6) is 0 Å². The highest BCUT2D eigenvalue weighted by atomic mass is 19.1. The van der Waals surface area contributed by atoms with Crippen molar-refractivity contribution in [1.82, 2.24) is 14.8 Å². The SMILES string of the molecule is CC(C)C1CCN(C(O)(O)c2cccc(C(=O)N3CCC(C)(F)C3)n2)CC1. The van der Waals surface area contributed by atoms with Crippen LogP contribution in [-0.2, 0) is 5.91 Å². The van der Waals surface area contributed by atoms with Crippen molar-refractivity contribution in [1.29, 1.82) is 0 Å². The third-order valence-electron chi connectivity index (χ3n) is 5.95. The van der Waals surface area contributed by atoms with Crippen LogP contribution in [0.2, 0.25) is 0 Å². The fourth-order valence-corrected chi connectivity index (χ4v) is 4.04. The van der Waals surface area contributed by atoms with E-state index in [9.17, 15) is 19.4 Å². The van der Waals surface area contributed by atoms with Gasteiger partial charge >= 0.3 is 0 Å². The van der Waals surface area contributed by atoms with Crippen molar-refractivity contribution in [2.45, 2.75) is 51.6 Å². The maximum atomic E-state index is 14.0. The standard InChI is InChI=1S/C20H30FN3O3/c1-14(2)15-7-10-24(11-8-15)20(26,27)17-6-4-5-16(22-17)18(25)23-12-9-19(3,21)13-23/h4-6,14-15,26-27H,7-13H2,1-3H3. The third-order valence-corrected chi connectivity index (χ3v) is 5.95. The molecule has 1 atom stereocenters. The maximum absolute atomic E-state index is 14.0. The highest BCUT2D eigenvalue weighted by molar-refractivity contribution is 5.92. The average molecular weight is 379 g/mol. The zero-order valence-corrected chi connectivity index (χ0v) is 16.4. The first kappa shape index (κ1) is 20.2. The van der Waals surface area contributed by atoms with Crippen LogP contribution >= 0.6 is 0 Å². The van der Waals surface area contributed by atoms with Gasteiger partial charge in [0.2, 0.25) is 0 Å². The Bertz CT molecular complexity index is 685. The summed E-state index contributed by atoms with van der Waals surface area (Å²) in [5.74, 6) is -1.46. The molecule has 2 aliphatic rings. The van der Waals surface area contributed by atoms with Crippen LogP contribution in [0.1, 0.15) is 56.2 Å². The van der Waals surface area contributed by atoms with Gasteiger partial charge in [0.1, 0.15) is 17.1 Å². The summed E-state index contributed by atoms with van der Waals surface area (Å²) in [5, 5.41) is 21.4. The molecule has 27 heavy (non-hydrogen) atoms. The minimum atomic E-state index is -2.22. The van der Waals surface area contributed by atoms with Crippen molar-refractivity contribution >= 4 is 5.91 Å². The van der Waals surface area contributed by atoms with Gasteiger partial charge < -0.3 is 15.1 Å². The second kappa shape index (κ2) is 7.45. The zero-order chi connectivity index (χ0) is 19.8. The number of rotatable bonds is 4. The first-order chi connectivity index (χ1) is 12.6. The molecule has 150 valence electrons. The number of carbonyl (C=O) groups is 1. The van der Waals surface area contributed by atoms with Gasteiger partial charge in [-0.05, 0) is 43.7 Å². The fourth-order valence-electron chi connectivity index (χ4n) is 4.04. The van der Waals surface area contributed by atoms with Crippen LogP contribution in [0.4, 0.5) is 4.39 Å². The number of hydrogen-bond donors (Lipinski definition) is 2. The summed E-state index contributed by atoms with van der Waals surface area (Å²) < 4.78 is 14.0. The molecule has 0 bridgehead atoms. The highest BCUT2D eigenvalue weighted by Gasteiger charge is 2.40. The third kappa shape index (κ3) is 4.31. The number of aliphatic hydroxyl groups is 2. The lowest BCUT2D eigenvalue weighted by Crippen LogP contribution is -2.51. The second-order valence-corrected chi connectivity index (χ2v) is 8.50. The summed E-state index contributed by atoms with van der Waals surface area (Å²) in [6.07, 6.45) is 2.08. The maximum Gasteiger partial charge on any atom is 0.272 e. The van der Waals surface area contributed by atoms with E-state index in [1.165, 1.54) is 24.0 Å². The van der Waals surface area contributed by atoms with Gasteiger partial charge in [-0.2, -0.15) is 0 Å². The number of carbonyl (C=O) groups excluding carboxylic acids is 1. The molecule has 7 heteroatoms. The predicted molar refractivity (Wildman–Crippen MR) is 99.5 cm³/mol. The Morgan fingerprint density at radius 1 is 1.30 bits per heavy atom. The van der Waals surface area contributed by atoms with Crippen molar-refractivity contribution in [3.8, 4) is 0 Å². The van der Waals surface area contributed by atoms with E-state index < -0.39 is 11.6 Å². The van der Waals surface area contributed by atoms with E-state index in [1.807, 2.05) is 0 Å². The summed E-state index contributed by atoms with van der Waals surface area (Å²) in [6, 6.07) is 4.62. The van der Waals surface area contributed by atoms with E-state index >= 15 is 0 Å². The number of piperidine rings is 1. The molecule has 2 fully saturated rings. The first-order valence-electron chi connectivity index (χ1n) is 9.76. The summed E-state index contributed by atoms with van der Waals surface area (Å²) in [6.45, 7) is 7.33. The molecule has 0 saturated carbocycles. The van der Waals surface area contributed by atoms with E-state index in [0.717, 1.165) is 12.8 Å². The van der Waals surface area contributed by atoms with Gasteiger partial charge in [0, 0.05) is 26.1 Å². The Hall–Kier alpha value is -1.57. The molecule has 0 aliphatic carbocycles. The molecule has 1 aromatic rings. The molecular formula is C20H30FN3O3. The van der Waals surface area contributed by atoms with Crippen LogP contribution in [0.25, 0.3) is 0 Å². The quantitative estimate of drug-likeness (QED) is 0.784. The van der Waals surface area contributed by atoms with Gasteiger partial charge in [-0.15, -0.1) is 0 Å². The summed E-state index contributed by atoms with van der Waals surface area (Å²) in [4.78, 5) is 19.9. The molecule has 0 spiro atoms. The number of alkyl halides is 1. The number of likely N-dealkylation sites (tertiary alicyclic amines) is 2. The Balaban J connectivity index is 1.73. The van der Waals surface area contributed by atoms with E-state index in [0.29, 0.717) is 37.9 Å². The van der Waals surface area contributed by atoms with Crippen LogP contribution in [0, 0.1) is 11.8 Å². The number of hydrogen-bond acceptors (Lipinski definition) is 5. The molecule has 1 unspecified atom stereocenters. The largest absolute Gasteiger partial charge is 0.348 e. The number of pyridine rings is 1. The fraction of sp³-hybridized carbons (Fsp3) is 0.700. The smallest absolute Gasteiger partial charge is 0.272 e. The lowest BCUT2D eigenvalue weighted by molar-refractivity contribution is -0.283. The summed E-state index contributed by atoms with van der Waals surface area (Å²) in [5.41, 5.74) is -1.25. The van der Waals surface area contributed by atoms with Gasteiger partial charge in [-0.25, -0.2) is 14.3 Å². The molecule has 1 aromatic heterocycles. The minimum Gasteiger partial charge on any atom is -0.348 e. The van der Waals surface area contributed by atoms with Crippen LogP contribution < -0.4 is 0 Å². The molecule has 6 nitrogen and oxygen atoms in total. The van der Waals surface area contributed by atoms with Crippen molar-refractivity contribution in [2.24, 2.45) is 11.8 Å². The monoisotopic (exact) mass is 379 g/mol. The molecule has 1 amide bonds. The average Bonchev–Trinajstić information content (AvgIpc) is 3.01. The molecule has 2 saturated heterocycles. The van der Waals surface area contributed by atoms with E-state index in [1.54, 1.807) is 11.0 Å². The summed E-state index contributed by atoms with van der Waals surface area (Å²) in [7, 11) is 0. The van der Waals surface area contributed by atoms with Crippen molar-refractivity contribution in [3.63, 3.8) is 0 Å². The van der Waals surface area contributed by atoms with Crippen LogP contribution in [-0.4, -0.2) is 62.8 Å². The molecule has 2 N–H and O–H groups in total. The van der Waals surface area contributed by atoms with Gasteiger partial charge in [-0.1, -0.05) is 19.9 Å². The Labute approximate surface area is 160 Å². The van der Waals surface area contributed by atoms with Crippen molar-refractivity contribution in [2.75, 3.05) is 26.2 Å². The number of nitrogens with zero attached hydrogens (tertiary/aromatic N) is 3. The molecule has 0 aromatic carbocycles. The van der Waals surface area contributed by atoms with Gasteiger partial charge in [0.05, 0.1) is 6.54 Å². The van der Waals surface area contributed by atoms with Gasteiger partial charge in [0.15, 0.2) is 0 Å². The van der Waals surface area contributed by atoms with Gasteiger partial charge in [-0.3, -0.25) is 4.79 Å². The Morgan fingerprint density at radius 3 is 2.52 bits per heavy atom. The highest BCUT2D eigenvalue weighted by Crippen LogP contribution is 2.31. The topological polar surface area (TPSA) is 76.9 Å². The van der Waals surface area contributed by atoms with E-state index in [-0.39, 0.29) is 23.8 Å². The lowest BCUT2D eigenvalue weighted by Gasteiger charge is -2.40. The minimum absolute atomic E-state index is 0.0264. The molecule has 2 aliphatic heterocycles. The molecule has 3 rings (SSSR count). The van der Waals surface area contributed by atoms with Crippen molar-refractivity contribution in [3.05, 3.63) is 29.6 Å². The van der Waals surface area contributed by atoms with Crippen LogP contribution in [0.3, 0.4) is 0 Å². The summed E-state index contributed by atoms with van der Waals surface area (Å²) >= 11 is 0. The second-order valence-electron chi connectivity index (χ2n) is 8.50. The lowest BCUT2D eigenvalue weighted by atomic mass is 9.86. The number of aromatic nitrogens is 1. The molecule has 3 heterocycles. The Morgan fingerprint density at radius 2 is 1.96 bits per heavy atom. The molecular weight excluding hydrogens is 349 g/mol. The number of amides is 1. The molecule has 0 radical (unpaired) electrons. The van der Waals surface area contributed by atoms with Crippen LogP contribution in [0.15, 0.2) is 18.2 Å². The van der Waals surface area contributed by atoms with E-state index in [4.69, 9.17) is 0 Å².